The summed E-state index contributed by atoms with van der Waals surface area (Å²) in [7, 11) is 0. The molecular weight excluding hydrogens is 258 g/mol. The van der Waals surface area contributed by atoms with Gasteiger partial charge >= 0.3 is 0 Å². The molecule has 0 aliphatic carbocycles. The molecule has 1 fully saturated rings. The molecule has 124 valence electrons. The van der Waals surface area contributed by atoms with Crippen molar-refractivity contribution in [2.45, 2.75) is 91.4 Å². The van der Waals surface area contributed by atoms with Crippen LogP contribution in [0.25, 0.3) is 0 Å². The zero-order valence-electron chi connectivity index (χ0n) is 14.7. The van der Waals surface area contributed by atoms with Crippen molar-refractivity contribution in [1.29, 1.82) is 0 Å². The second kappa shape index (κ2) is 10.4. The molecule has 0 bridgehead atoms. The lowest BCUT2D eigenvalue weighted by Gasteiger charge is -2.36. The van der Waals surface area contributed by atoms with Gasteiger partial charge in [0.25, 0.3) is 0 Å². The van der Waals surface area contributed by atoms with Crippen molar-refractivity contribution >= 4 is 5.78 Å². The van der Waals surface area contributed by atoms with E-state index in [2.05, 4.69) is 26.1 Å². The predicted octanol–water partition coefficient (Wildman–Crippen LogP) is 5.11. The first-order chi connectivity index (χ1) is 10.1. The third kappa shape index (κ3) is 6.95. The lowest BCUT2D eigenvalue weighted by atomic mass is 9.71. The molecule has 1 aliphatic heterocycles. The van der Waals surface area contributed by atoms with E-state index in [1.807, 2.05) is 0 Å². The van der Waals surface area contributed by atoms with E-state index < -0.39 is 0 Å². The first kappa shape index (κ1) is 18.7. The van der Waals surface area contributed by atoms with Crippen LogP contribution >= 0.6 is 0 Å². The van der Waals surface area contributed by atoms with Crippen LogP contribution in [-0.2, 0) is 4.79 Å². The number of hydrogen-bond donors (Lipinski definition) is 1. The van der Waals surface area contributed by atoms with Gasteiger partial charge < -0.3 is 5.32 Å². The maximum atomic E-state index is 12.5. The Morgan fingerprint density at radius 2 is 1.67 bits per heavy atom. The number of piperidine rings is 1. The van der Waals surface area contributed by atoms with Gasteiger partial charge in [0.1, 0.15) is 5.78 Å². The van der Waals surface area contributed by atoms with Gasteiger partial charge in [-0.1, -0.05) is 65.7 Å². The Labute approximate surface area is 132 Å². The van der Waals surface area contributed by atoms with Crippen molar-refractivity contribution in [3.63, 3.8) is 0 Å². The van der Waals surface area contributed by atoms with Gasteiger partial charge in [0.05, 0.1) is 0 Å². The molecular formula is C19H37NO. The molecule has 0 aromatic carbocycles. The highest BCUT2D eigenvalue weighted by atomic mass is 16.1. The summed E-state index contributed by atoms with van der Waals surface area (Å²) >= 11 is 0. The fraction of sp³-hybridized carbons (Fsp3) is 0.947. The Bertz CT molecular complexity index is 279. The molecule has 0 aromatic heterocycles. The maximum Gasteiger partial charge on any atom is 0.138 e. The summed E-state index contributed by atoms with van der Waals surface area (Å²) in [6, 6.07) is 0. The summed E-state index contributed by atoms with van der Waals surface area (Å²) in [6.07, 6.45) is 13.7. The van der Waals surface area contributed by atoms with Crippen LogP contribution in [0.15, 0.2) is 0 Å². The number of unbranched alkanes of at least 4 members (excludes halogenated alkanes) is 7. The van der Waals surface area contributed by atoms with Crippen molar-refractivity contribution in [3.8, 4) is 0 Å². The van der Waals surface area contributed by atoms with Crippen LogP contribution in [0.5, 0.6) is 0 Å². The van der Waals surface area contributed by atoms with Crippen LogP contribution in [-0.4, -0.2) is 18.9 Å². The third-order valence-electron chi connectivity index (χ3n) is 5.29. The summed E-state index contributed by atoms with van der Waals surface area (Å²) in [6.45, 7) is 8.74. The fourth-order valence-electron chi connectivity index (χ4n) is 3.44. The van der Waals surface area contributed by atoms with Crippen molar-refractivity contribution < 1.29 is 4.79 Å². The molecule has 2 heteroatoms. The fourth-order valence-corrected chi connectivity index (χ4v) is 3.44. The molecule has 2 nitrogen and oxygen atoms in total. The van der Waals surface area contributed by atoms with Crippen molar-refractivity contribution in [2.75, 3.05) is 13.1 Å². The molecule has 1 N–H and O–H groups in total. The molecule has 0 spiro atoms. The number of rotatable bonds is 11. The van der Waals surface area contributed by atoms with Gasteiger partial charge in [0.2, 0.25) is 0 Å². The van der Waals surface area contributed by atoms with E-state index in [1.54, 1.807) is 0 Å². The summed E-state index contributed by atoms with van der Waals surface area (Å²) in [5.74, 6) is 1.02. The molecule has 1 saturated heterocycles. The van der Waals surface area contributed by atoms with E-state index in [0.29, 0.717) is 11.7 Å². The molecule has 1 aliphatic rings. The van der Waals surface area contributed by atoms with Crippen molar-refractivity contribution in [3.05, 3.63) is 0 Å². The van der Waals surface area contributed by atoms with E-state index in [9.17, 15) is 4.79 Å². The molecule has 1 atom stereocenters. The van der Waals surface area contributed by atoms with E-state index in [1.165, 1.54) is 57.8 Å². The minimum atomic E-state index is -0.130. The summed E-state index contributed by atoms with van der Waals surface area (Å²) in [4.78, 5) is 12.5. The highest BCUT2D eigenvalue weighted by Gasteiger charge is 2.36. The molecule has 0 saturated carbocycles. The van der Waals surface area contributed by atoms with Crippen molar-refractivity contribution in [2.24, 2.45) is 11.3 Å². The second-order valence-corrected chi connectivity index (χ2v) is 7.41. The van der Waals surface area contributed by atoms with Crippen LogP contribution < -0.4 is 5.32 Å². The Hall–Kier alpha value is -0.370. The minimum absolute atomic E-state index is 0.130. The largest absolute Gasteiger partial charge is 0.316 e. The number of ketones is 1. The molecule has 0 aromatic rings. The van der Waals surface area contributed by atoms with Crippen LogP contribution in [0.1, 0.15) is 91.4 Å². The average molecular weight is 296 g/mol. The number of Topliss-reactive ketones (excluding diaryl/α,β-unsaturated/α-hetero) is 1. The second-order valence-electron chi connectivity index (χ2n) is 7.41. The van der Waals surface area contributed by atoms with E-state index in [-0.39, 0.29) is 5.41 Å². The number of nitrogens with one attached hydrogen (secondary N) is 1. The van der Waals surface area contributed by atoms with Crippen LogP contribution in [0.4, 0.5) is 0 Å². The lowest BCUT2D eigenvalue weighted by molar-refractivity contribution is -0.130. The Kier molecular flexibility index (Phi) is 9.23. The lowest BCUT2D eigenvalue weighted by Crippen LogP contribution is -2.42. The third-order valence-corrected chi connectivity index (χ3v) is 5.29. The van der Waals surface area contributed by atoms with Crippen LogP contribution in [0, 0.1) is 11.3 Å². The zero-order valence-corrected chi connectivity index (χ0v) is 14.7. The highest BCUT2D eigenvalue weighted by molar-refractivity contribution is 5.84. The van der Waals surface area contributed by atoms with E-state index >= 15 is 0 Å². The molecule has 0 amide bonds. The standard InChI is InChI=1S/C19H37NO/c1-4-5-6-7-8-9-10-11-14-18(21)19(2,3)17-13-12-15-20-16-17/h17,20H,4-16H2,1-3H3. The Morgan fingerprint density at radius 3 is 2.24 bits per heavy atom. The monoisotopic (exact) mass is 295 g/mol. The topological polar surface area (TPSA) is 29.1 Å². The van der Waals surface area contributed by atoms with Gasteiger partial charge in [-0.05, 0) is 38.3 Å². The van der Waals surface area contributed by atoms with Crippen molar-refractivity contribution in [1.82, 2.24) is 5.32 Å². The quantitative estimate of drug-likeness (QED) is 0.536. The van der Waals surface area contributed by atoms with Gasteiger partial charge in [-0.3, -0.25) is 4.79 Å². The Balaban J connectivity index is 2.11. The highest BCUT2D eigenvalue weighted by Crippen LogP contribution is 2.34. The van der Waals surface area contributed by atoms with Crippen LogP contribution in [0.3, 0.4) is 0 Å². The SMILES string of the molecule is CCCCCCCCCCC(=O)C(C)(C)C1CCCNC1. The molecule has 0 radical (unpaired) electrons. The molecule has 1 rings (SSSR count). The molecule has 1 unspecified atom stereocenters. The number of hydrogen-bond acceptors (Lipinski definition) is 2. The normalized spacial score (nSPS) is 19.7. The number of carbonyl (C=O) groups is 1. The zero-order chi connectivity index (χ0) is 15.6. The van der Waals surface area contributed by atoms with Gasteiger partial charge in [-0.25, -0.2) is 0 Å². The number of carbonyl (C=O) groups excluding carboxylic acids is 1. The average Bonchev–Trinajstić information content (AvgIpc) is 2.50. The smallest absolute Gasteiger partial charge is 0.138 e. The van der Waals surface area contributed by atoms with Gasteiger partial charge in [0.15, 0.2) is 0 Å². The van der Waals surface area contributed by atoms with Gasteiger partial charge in [0, 0.05) is 11.8 Å². The summed E-state index contributed by atoms with van der Waals surface area (Å²) < 4.78 is 0. The van der Waals surface area contributed by atoms with Crippen LogP contribution in [0.2, 0.25) is 0 Å². The first-order valence-corrected chi connectivity index (χ1v) is 9.33. The van der Waals surface area contributed by atoms with E-state index in [0.717, 1.165) is 25.9 Å². The molecule has 1 heterocycles. The molecule has 21 heavy (non-hydrogen) atoms. The minimum Gasteiger partial charge on any atom is -0.316 e. The van der Waals surface area contributed by atoms with Gasteiger partial charge in [-0.15, -0.1) is 0 Å². The summed E-state index contributed by atoms with van der Waals surface area (Å²) in [5.41, 5.74) is -0.130. The Morgan fingerprint density at radius 1 is 1.05 bits per heavy atom. The van der Waals surface area contributed by atoms with Gasteiger partial charge in [-0.2, -0.15) is 0 Å². The maximum absolute atomic E-state index is 12.5. The van der Waals surface area contributed by atoms with E-state index in [4.69, 9.17) is 0 Å². The predicted molar refractivity (Wildman–Crippen MR) is 91.6 cm³/mol. The summed E-state index contributed by atoms with van der Waals surface area (Å²) in [5, 5.41) is 3.44. The first-order valence-electron chi connectivity index (χ1n) is 9.33.